The molecule has 0 spiro atoms. The second-order valence-corrected chi connectivity index (χ2v) is 5.65. The smallest absolute Gasteiger partial charge is 0.242 e. The van der Waals surface area contributed by atoms with Gasteiger partial charge in [-0.25, -0.2) is 0 Å². The molecule has 128 valence electrons. The Hall–Kier alpha value is -2.16. The van der Waals surface area contributed by atoms with Gasteiger partial charge in [-0.3, -0.25) is 19.2 Å². The third-order valence-electron chi connectivity index (χ3n) is 3.83. The van der Waals surface area contributed by atoms with E-state index < -0.39 is 12.1 Å². The Balaban J connectivity index is 1.45. The van der Waals surface area contributed by atoms with Crippen LogP contribution in [0.5, 0.6) is 0 Å². The lowest BCUT2D eigenvalue weighted by Gasteiger charge is -2.12. The Labute approximate surface area is 134 Å². The molecule has 0 aromatic carbocycles. The highest BCUT2D eigenvalue weighted by atomic mass is 16.2. The maximum atomic E-state index is 11.7. The molecule has 0 aliphatic carbocycles. The van der Waals surface area contributed by atoms with Crippen molar-refractivity contribution in [3.05, 3.63) is 0 Å². The summed E-state index contributed by atoms with van der Waals surface area (Å²) in [6, 6.07) is -0.827. The molecule has 2 atom stereocenters. The highest BCUT2D eigenvalue weighted by Gasteiger charge is 2.27. The summed E-state index contributed by atoms with van der Waals surface area (Å²) in [6.45, 7) is 2.06. The Morgan fingerprint density at radius 1 is 0.826 bits per heavy atom. The lowest BCUT2D eigenvalue weighted by molar-refractivity contribution is -0.125. The molecule has 9 nitrogen and oxygen atoms in total. The van der Waals surface area contributed by atoms with Gasteiger partial charge in [0.25, 0.3) is 0 Å². The molecule has 0 bridgehead atoms. The van der Waals surface area contributed by atoms with Gasteiger partial charge in [-0.1, -0.05) is 0 Å². The van der Waals surface area contributed by atoms with Gasteiger partial charge in [0.1, 0.15) is 12.1 Å². The molecule has 2 aliphatic heterocycles. The summed E-state index contributed by atoms with van der Waals surface area (Å²) in [7, 11) is 0. The van der Waals surface area contributed by atoms with Crippen molar-refractivity contribution in [1.29, 1.82) is 0 Å². The van der Waals surface area contributed by atoms with Gasteiger partial charge in [-0.05, 0) is 12.8 Å². The Bertz CT molecular complexity index is 440. The van der Waals surface area contributed by atoms with Crippen molar-refractivity contribution in [3.8, 4) is 0 Å². The van der Waals surface area contributed by atoms with Gasteiger partial charge in [0, 0.05) is 39.0 Å². The second-order valence-electron chi connectivity index (χ2n) is 5.65. The summed E-state index contributed by atoms with van der Waals surface area (Å²) in [5.41, 5.74) is 0. The molecule has 23 heavy (non-hydrogen) atoms. The van der Waals surface area contributed by atoms with E-state index in [0.29, 0.717) is 51.9 Å². The highest BCUT2D eigenvalue weighted by molar-refractivity contribution is 5.91. The van der Waals surface area contributed by atoms with Gasteiger partial charge < -0.3 is 26.6 Å². The SMILES string of the molecule is O=C1CCC(C(=O)NCCNCCNC(=O)C2CCC(=O)N2)N1. The van der Waals surface area contributed by atoms with Crippen LogP contribution in [0.2, 0.25) is 0 Å². The molecule has 2 rings (SSSR count). The number of carbonyl (C=O) groups excluding carboxylic acids is 4. The van der Waals surface area contributed by atoms with Crippen LogP contribution in [0, 0.1) is 0 Å². The van der Waals surface area contributed by atoms with E-state index in [1.54, 1.807) is 0 Å². The molecule has 5 N–H and O–H groups in total. The molecule has 0 radical (unpaired) electrons. The minimum atomic E-state index is -0.414. The fraction of sp³-hybridized carbons (Fsp3) is 0.714. The van der Waals surface area contributed by atoms with Crippen LogP contribution in [0.1, 0.15) is 25.7 Å². The number of carbonyl (C=O) groups is 4. The normalized spacial score (nSPS) is 23.3. The minimum Gasteiger partial charge on any atom is -0.353 e. The van der Waals surface area contributed by atoms with Crippen molar-refractivity contribution in [1.82, 2.24) is 26.6 Å². The maximum Gasteiger partial charge on any atom is 0.242 e. The summed E-state index contributed by atoms with van der Waals surface area (Å²) in [5.74, 6) is -0.499. The number of hydrogen-bond donors (Lipinski definition) is 5. The lowest BCUT2D eigenvalue weighted by atomic mass is 10.2. The van der Waals surface area contributed by atoms with Crippen molar-refractivity contribution < 1.29 is 19.2 Å². The summed E-state index contributed by atoms with van der Waals surface area (Å²) < 4.78 is 0. The topological polar surface area (TPSA) is 128 Å². The zero-order valence-corrected chi connectivity index (χ0v) is 12.9. The first-order chi connectivity index (χ1) is 11.1. The Morgan fingerprint density at radius 2 is 1.26 bits per heavy atom. The van der Waals surface area contributed by atoms with Crippen LogP contribution in [0.15, 0.2) is 0 Å². The van der Waals surface area contributed by atoms with Crippen LogP contribution in [0.25, 0.3) is 0 Å². The van der Waals surface area contributed by atoms with Crippen molar-refractivity contribution in [2.75, 3.05) is 26.2 Å². The monoisotopic (exact) mass is 325 g/mol. The summed E-state index contributed by atoms with van der Waals surface area (Å²) in [6.07, 6.45) is 1.89. The Morgan fingerprint density at radius 3 is 1.61 bits per heavy atom. The molecule has 2 aliphatic rings. The molecule has 4 amide bonds. The zero-order chi connectivity index (χ0) is 16.7. The number of hydrogen-bond acceptors (Lipinski definition) is 5. The van der Waals surface area contributed by atoms with E-state index in [0.717, 1.165) is 0 Å². The second kappa shape index (κ2) is 8.47. The predicted octanol–water partition coefficient (Wildman–Crippen LogP) is -2.63. The quantitative estimate of drug-likeness (QED) is 0.312. The van der Waals surface area contributed by atoms with E-state index in [4.69, 9.17) is 0 Å². The third kappa shape index (κ3) is 5.51. The molecule has 9 heteroatoms. The van der Waals surface area contributed by atoms with Crippen LogP contribution < -0.4 is 26.6 Å². The first kappa shape index (κ1) is 17.2. The highest BCUT2D eigenvalue weighted by Crippen LogP contribution is 2.06. The molecule has 0 aromatic heterocycles. The van der Waals surface area contributed by atoms with Crippen LogP contribution in [-0.2, 0) is 19.2 Å². The predicted molar refractivity (Wildman–Crippen MR) is 81.2 cm³/mol. The summed E-state index contributed by atoms with van der Waals surface area (Å²) >= 11 is 0. The first-order valence-corrected chi connectivity index (χ1v) is 7.91. The van der Waals surface area contributed by atoms with E-state index in [-0.39, 0.29) is 23.6 Å². The van der Waals surface area contributed by atoms with Gasteiger partial charge in [-0.15, -0.1) is 0 Å². The van der Waals surface area contributed by atoms with Gasteiger partial charge in [0.05, 0.1) is 0 Å². The zero-order valence-electron chi connectivity index (χ0n) is 12.9. The minimum absolute atomic E-state index is 0.0857. The first-order valence-electron chi connectivity index (χ1n) is 7.91. The lowest BCUT2D eigenvalue weighted by Crippen LogP contribution is -2.45. The van der Waals surface area contributed by atoms with E-state index in [1.165, 1.54) is 0 Å². The van der Waals surface area contributed by atoms with Crippen LogP contribution in [0.3, 0.4) is 0 Å². The van der Waals surface area contributed by atoms with Crippen LogP contribution in [0.4, 0.5) is 0 Å². The maximum absolute atomic E-state index is 11.7. The van der Waals surface area contributed by atoms with E-state index in [2.05, 4.69) is 26.6 Å². The van der Waals surface area contributed by atoms with Crippen LogP contribution >= 0.6 is 0 Å². The average molecular weight is 325 g/mol. The molecule has 0 saturated carbocycles. The summed E-state index contributed by atoms with van der Waals surface area (Å²) in [4.78, 5) is 45.4. The Kier molecular flexibility index (Phi) is 6.33. The number of rotatable bonds is 8. The summed E-state index contributed by atoms with van der Waals surface area (Å²) in [5, 5.41) is 13.8. The van der Waals surface area contributed by atoms with Crippen LogP contribution in [-0.4, -0.2) is 61.9 Å². The van der Waals surface area contributed by atoms with Gasteiger partial charge >= 0.3 is 0 Å². The van der Waals surface area contributed by atoms with Crippen molar-refractivity contribution in [2.24, 2.45) is 0 Å². The van der Waals surface area contributed by atoms with E-state index in [9.17, 15) is 19.2 Å². The molecule has 0 aromatic rings. The molecule has 2 unspecified atom stereocenters. The number of nitrogens with one attached hydrogen (secondary N) is 5. The fourth-order valence-electron chi connectivity index (χ4n) is 2.54. The van der Waals surface area contributed by atoms with Crippen molar-refractivity contribution in [3.63, 3.8) is 0 Å². The molecule has 2 saturated heterocycles. The van der Waals surface area contributed by atoms with Crippen molar-refractivity contribution in [2.45, 2.75) is 37.8 Å². The molecule has 2 fully saturated rings. The van der Waals surface area contributed by atoms with Gasteiger partial charge in [0.2, 0.25) is 23.6 Å². The van der Waals surface area contributed by atoms with Gasteiger partial charge in [-0.2, -0.15) is 0 Å². The largest absolute Gasteiger partial charge is 0.353 e. The third-order valence-corrected chi connectivity index (χ3v) is 3.83. The molecular formula is C14H23N5O4. The molecule has 2 heterocycles. The van der Waals surface area contributed by atoms with E-state index >= 15 is 0 Å². The van der Waals surface area contributed by atoms with Gasteiger partial charge in [0.15, 0.2) is 0 Å². The van der Waals surface area contributed by atoms with Crippen molar-refractivity contribution >= 4 is 23.6 Å². The standard InChI is InChI=1S/C14H23N5O4/c20-11-3-1-9(18-11)13(22)16-7-5-15-6-8-17-14(23)10-2-4-12(21)19-10/h9-10,15H,1-8H2,(H,16,22)(H,17,23)(H,18,20)(H,19,21). The van der Waals surface area contributed by atoms with E-state index in [1.807, 2.05) is 0 Å². The molecular weight excluding hydrogens is 302 g/mol. The average Bonchev–Trinajstić information content (AvgIpc) is 3.14. The fourth-order valence-corrected chi connectivity index (χ4v) is 2.54. The number of amides is 4.